The van der Waals surface area contributed by atoms with E-state index in [4.69, 9.17) is 0 Å². The van der Waals surface area contributed by atoms with E-state index in [-0.39, 0.29) is 5.41 Å². The second-order valence-corrected chi connectivity index (χ2v) is 14.8. The van der Waals surface area contributed by atoms with Crippen LogP contribution >= 0.6 is 11.3 Å². The van der Waals surface area contributed by atoms with Gasteiger partial charge in [-0.1, -0.05) is 135 Å². The summed E-state index contributed by atoms with van der Waals surface area (Å²) in [5, 5.41) is 7.75. The number of fused-ring (bicyclic) bond motifs is 9. The van der Waals surface area contributed by atoms with Gasteiger partial charge >= 0.3 is 0 Å². The molecule has 0 aliphatic heterocycles. The lowest BCUT2D eigenvalue weighted by Gasteiger charge is -2.29. The van der Waals surface area contributed by atoms with Crippen molar-refractivity contribution in [2.75, 3.05) is 4.90 Å². The van der Waals surface area contributed by atoms with E-state index in [1.807, 2.05) is 11.3 Å². The van der Waals surface area contributed by atoms with Crippen LogP contribution in [0.5, 0.6) is 0 Å². The van der Waals surface area contributed by atoms with E-state index in [0.717, 1.165) is 11.4 Å². The molecular weight excluding hydrogens is 611 g/mol. The molecule has 0 radical (unpaired) electrons. The van der Waals surface area contributed by atoms with Crippen molar-refractivity contribution >= 4 is 70.1 Å². The van der Waals surface area contributed by atoms with E-state index in [0.29, 0.717) is 0 Å². The molecule has 2 heteroatoms. The molecule has 0 spiro atoms. The van der Waals surface area contributed by atoms with Gasteiger partial charge in [0.2, 0.25) is 0 Å². The Bertz CT molecular complexity index is 2760. The van der Waals surface area contributed by atoms with Gasteiger partial charge in [-0.15, -0.1) is 11.3 Å². The van der Waals surface area contributed by atoms with E-state index in [2.05, 4.69) is 183 Å². The smallest absolute Gasteiger partial charge is 0.0543 e. The van der Waals surface area contributed by atoms with Gasteiger partial charge in [0.1, 0.15) is 0 Å². The lowest BCUT2D eigenvalue weighted by Crippen LogP contribution is -2.16. The summed E-state index contributed by atoms with van der Waals surface area (Å²) in [5.74, 6) is 0. The first-order valence-electron chi connectivity index (χ1n) is 17.0. The maximum atomic E-state index is 2.49. The fourth-order valence-corrected chi connectivity index (χ4v) is 9.44. The number of nitrogens with zero attached hydrogens (tertiary/aromatic N) is 1. The van der Waals surface area contributed by atoms with Gasteiger partial charge in [0.05, 0.1) is 5.69 Å². The lowest BCUT2D eigenvalue weighted by atomic mass is 9.82. The van der Waals surface area contributed by atoms with Crippen molar-refractivity contribution in [1.29, 1.82) is 0 Å². The molecule has 8 aromatic carbocycles. The van der Waals surface area contributed by atoms with Gasteiger partial charge in [0.25, 0.3) is 0 Å². The Morgan fingerprint density at radius 3 is 2.12 bits per heavy atom. The van der Waals surface area contributed by atoms with Crippen LogP contribution in [0, 0.1) is 0 Å². The summed E-state index contributed by atoms with van der Waals surface area (Å²) in [5.41, 5.74) is 11.2. The van der Waals surface area contributed by atoms with Crippen LogP contribution in [-0.4, -0.2) is 0 Å². The molecule has 1 heterocycles. The predicted molar refractivity (Wildman–Crippen MR) is 212 cm³/mol. The summed E-state index contributed by atoms with van der Waals surface area (Å²) in [6.45, 7) is 4.72. The van der Waals surface area contributed by atoms with Crippen LogP contribution in [0.1, 0.15) is 25.0 Å². The molecule has 232 valence electrons. The lowest BCUT2D eigenvalue weighted by molar-refractivity contribution is 0.660. The van der Waals surface area contributed by atoms with Crippen LogP contribution in [0.25, 0.3) is 64.0 Å². The Kier molecular flexibility index (Phi) is 6.16. The number of hydrogen-bond donors (Lipinski definition) is 0. The third kappa shape index (κ3) is 4.24. The minimum atomic E-state index is -0.0899. The highest BCUT2D eigenvalue weighted by Gasteiger charge is 2.37. The van der Waals surface area contributed by atoms with Crippen molar-refractivity contribution in [3.63, 3.8) is 0 Å². The number of thiophene rings is 1. The normalized spacial score (nSPS) is 13.3. The van der Waals surface area contributed by atoms with Crippen molar-refractivity contribution in [3.8, 4) is 22.3 Å². The fourth-order valence-electron chi connectivity index (χ4n) is 8.32. The zero-order chi connectivity index (χ0) is 32.7. The SMILES string of the molecule is CC1(C)c2ccccc2-c2c(N(c3cccc(-c4cccc5ccccc45)c3)c3ccc4c(ccc5sc6ccccc6c54)c3)cccc21. The Balaban J connectivity index is 1.23. The molecule has 0 saturated carbocycles. The van der Waals surface area contributed by atoms with Gasteiger partial charge in [-0.05, 0) is 91.8 Å². The maximum Gasteiger partial charge on any atom is 0.0543 e. The van der Waals surface area contributed by atoms with Crippen molar-refractivity contribution in [3.05, 3.63) is 175 Å². The van der Waals surface area contributed by atoms with Crippen LogP contribution in [0.15, 0.2) is 164 Å². The van der Waals surface area contributed by atoms with Crippen molar-refractivity contribution in [2.24, 2.45) is 0 Å². The third-order valence-corrected chi connectivity index (χ3v) is 11.8. The van der Waals surface area contributed by atoms with E-state index in [9.17, 15) is 0 Å². The summed E-state index contributed by atoms with van der Waals surface area (Å²) in [6, 6.07) is 60.7. The van der Waals surface area contributed by atoms with Gasteiger partial charge in [0, 0.05) is 42.5 Å². The molecule has 0 amide bonds. The summed E-state index contributed by atoms with van der Waals surface area (Å²) in [7, 11) is 0. The zero-order valence-corrected chi connectivity index (χ0v) is 28.3. The number of rotatable bonds is 4. The van der Waals surface area contributed by atoms with Crippen molar-refractivity contribution < 1.29 is 0 Å². The molecule has 9 aromatic rings. The van der Waals surface area contributed by atoms with Crippen LogP contribution in [0.2, 0.25) is 0 Å². The summed E-state index contributed by atoms with van der Waals surface area (Å²) < 4.78 is 2.67. The molecule has 1 aliphatic carbocycles. The number of benzene rings is 8. The van der Waals surface area contributed by atoms with E-state index in [1.165, 1.54) is 80.8 Å². The molecule has 1 nitrogen and oxygen atoms in total. The summed E-state index contributed by atoms with van der Waals surface area (Å²) >= 11 is 1.88. The molecule has 0 N–H and O–H groups in total. The van der Waals surface area contributed by atoms with E-state index >= 15 is 0 Å². The molecule has 0 fully saturated rings. The monoisotopic (exact) mass is 643 g/mol. The largest absolute Gasteiger partial charge is 0.310 e. The maximum absolute atomic E-state index is 2.49. The quantitative estimate of drug-likeness (QED) is 0.184. The highest BCUT2D eigenvalue weighted by Crippen LogP contribution is 2.54. The molecule has 1 aliphatic rings. The molecule has 10 rings (SSSR count). The van der Waals surface area contributed by atoms with Crippen molar-refractivity contribution in [2.45, 2.75) is 19.3 Å². The Morgan fingerprint density at radius 2 is 1.18 bits per heavy atom. The molecule has 0 bridgehead atoms. The number of anilines is 3. The molecular formula is C47H33NS. The average Bonchev–Trinajstić information content (AvgIpc) is 3.64. The topological polar surface area (TPSA) is 3.24 Å². The van der Waals surface area contributed by atoms with Crippen LogP contribution < -0.4 is 4.90 Å². The first kappa shape index (κ1) is 28.3. The van der Waals surface area contributed by atoms with Crippen molar-refractivity contribution in [1.82, 2.24) is 0 Å². The summed E-state index contributed by atoms with van der Waals surface area (Å²) in [4.78, 5) is 2.49. The van der Waals surface area contributed by atoms with E-state index < -0.39 is 0 Å². The third-order valence-electron chi connectivity index (χ3n) is 10.6. The molecule has 1 aromatic heterocycles. The first-order chi connectivity index (χ1) is 24.1. The molecule has 0 atom stereocenters. The average molecular weight is 644 g/mol. The highest BCUT2D eigenvalue weighted by atomic mass is 32.1. The minimum absolute atomic E-state index is 0.0899. The predicted octanol–water partition coefficient (Wildman–Crippen LogP) is 13.8. The molecule has 0 saturated heterocycles. The minimum Gasteiger partial charge on any atom is -0.310 e. The second kappa shape index (κ2) is 10.7. The standard InChI is InChI=1S/C47H33NS/c1-47(2)40-20-7-5-17-38(40)46-41(47)21-11-22-42(46)48(33-15-9-14-31(28-33)36-19-10-13-30-12-3-4-16-35(30)36)34-25-26-37-32(29-34)24-27-44-45(37)39-18-6-8-23-43(39)49-44/h3-29H,1-2H3. The van der Waals surface area contributed by atoms with Gasteiger partial charge in [-0.3, -0.25) is 0 Å². The highest BCUT2D eigenvalue weighted by molar-refractivity contribution is 7.26. The Labute approximate surface area is 290 Å². The fraction of sp³-hybridized carbons (Fsp3) is 0.0638. The van der Waals surface area contributed by atoms with Gasteiger partial charge in [-0.2, -0.15) is 0 Å². The Hall–Kier alpha value is -5.70. The van der Waals surface area contributed by atoms with Gasteiger partial charge < -0.3 is 4.90 Å². The molecule has 49 heavy (non-hydrogen) atoms. The summed E-state index contributed by atoms with van der Waals surface area (Å²) in [6.07, 6.45) is 0. The number of hydrogen-bond acceptors (Lipinski definition) is 2. The first-order valence-corrected chi connectivity index (χ1v) is 17.8. The van der Waals surface area contributed by atoms with Gasteiger partial charge in [-0.25, -0.2) is 0 Å². The van der Waals surface area contributed by atoms with Crippen LogP contribution in [-0.2, 0) is 5.41 Å². The van der Waals surface area contributed by atoms with Crippen LogP contribution in [0.3, 0.4) is 0 Å². The Morgan fingerprint density at radius 1 is 0.469 bits per heavy atom. The molecule has 0 unspecified atom stereocenters. The van der Waals surface area contributed by atoms with Gasteiger partial charge in [0.15, 0.2) is 0 Å². The van der Waals surface area contributed by atoms with Crippen LogP contribution in [0.4, 0.5) is 17.1 Å². The van der Waals surface area contributed by atoms with E-state index in [1.54, 1.807) is 0 Å². The second-order valence-electron chi connectivity index (χ2n) is 13.7. The zero-order valence-electron chi connectivity index (χ0n) is 27.4.